The topological polar surface area (TPSA) is 149 Å². The normalized spacial score (nSPS) is 20.6. The first kappa shape index (κ1) is 56.2. The first-order chi connectivity index (χ1) is 28.8. The predicted molar refractivity (Wildman–Crippen MR) is 244 cm³/mol. The molecule has 1 aliphatic rings. The number of carbonyl (C=O) groups is 1. The molecule has 9 nitrogen and oxygen atoms in total. The van der Waals surface area contributed by atoms with Crippen molar-refractivity contribution >= 4 is 5.91 Å². The molecular weight excluding hydrogens is 743 g/mol. The molecule has 0 aliphatic carbocycles. The Hall–Kier alpha value is -0.810. The average molecular weight is 842 g/mol. The third kappa shape index (κ3) is 31.6. The van der Waals surface area contributed by atoms with Gasteiger partial charge in [0, 0.05) is 6.42 Å². The molecule has 1 heterocycles. The molecule has 0 aromatic carbocycles. The number of aliphatic hydroxyl groups excluding tert-OH is 5. The quantitative estimate of drug-likeness (QED) is 0.0332. The van der Waals surface area contributed by atoms with Gasteiger partial charge in [-0.1, -0.05) is 239 Å². The largest absolute Gasteiger partial charge is 0.394 e. The van der Waals surface area contributed by atoms with E-state index in [1.165, 1.54) is 193 Å². The first-order valence-corrected chi connectivity index (χ1v) is 25.7. The smallest absolute Gasteiger partial charge is 0.220 e. The number of unbranched alkanes of at least 4 members (excludes halogenated alkanes) is 34. The summed E-state index contributed by atoms with van der Waals surface area (Å²) < 4.78 is 11.3. The molecular formula is C50H99NO8. The molecule has 1 amide bonds. The molecule has 1 rings (SSSR count). The van der Waals surface area contributed by atoms with E-state index in [1.54, 1.807) is 0 Å². The Bertz CT molecular complexity index is 893. The number of hydrogen-bond acceptors (Lipinski definition) is 8. The summed E-state index contributed by atoms with van der Waals surface area (Å²) in [5.41, 5.74) is 0. The zero-order valence-electron chi connectivity index (χ0n) is 38.8. The molecule has 0 spiro atoms. The van der Waals surface area contributed by atoms with Crippen molar-refractivity contribution in [3.05, 3.63) is 0 Å². The van der Waals surface area contributed by atoms with Crippen LogP contribution in [0, 0.1) is 0 Å². The van der Waals surface area contributed by atoms with E-state index in [9.17, 15) is 30.3 Å². The molecule has 352 valence electrons. The highest BCUT2D eigenvalue weighted by molar-refractivity contribution is 5.76. The van der Waals surface area contributed by atoms with Crippen LogP contribution in [0.5, 0.6) is 0 Å². The van der Waals surface area contributed by atoms with Gasteiger partial charge in [-0.15, -0.1) is 0 Å². The molecule has 59 heavy (non-hydrogen) atoms. The van der Waals surface area contributed by atoms with Crippen molar-refractivity contribution in [1.29, 1.82) is 0 Å². The van der Waals surface area contributed by atoms with Crippen LogP contribution in [0.1, 0.15) is 258 Å². The summed E-state index contributed by atoms with van der Waals surface area (Å²) in [6.45, 7) is 3.86. The van der Waals surface area contributed by atoms with Crippen molar-refractivity contribution in [2.24, 2.45) is 0 Å². The second-order valence-electron chi connectivity index (χ2n) is 18.3. The molecule has 1 aliphatic heterocycles. The van der Waals surface area contributed by atoms with E-state index in [2.05, 4.69) is 19.2 Å². The fourth-order valence-corrected chi connectivity index (χ4v) is 8.58. The van der Waals surface area contributed by atoms with Crippen LogP contribution in [0.25, 0.3) is 0 Å². The van der Waals surface area contributed by atoms with Crippen LogP contribution in [-0.2, 0) is 14.3 Å². The highest BCUT2D eigenvalue weighted by Crippen LogP contribution is 2.23. The predicted octanol–water partition coefficient (Wildman–Crippen LogP) is 11.5. The molecule has 0 aromatic heterocycles. The van der Waals surface area contributed by atoms with E-state index in [0.717, 1.165) is 38.5 Å². The van der Waals surface area contributed by atoms with Gasteiger partial charge in [0.1, 0.15) is 24.4 Å². The molecule has 0 bridgehead atoms. The number of amides is 1. The van der Waals surface area contributed by atoms with E-state index in [-0.39, 0.29) is 12.5 Å². The Labute approximate surface area is 364 Å². The summed E-state index contributed by atoms with van der Waals surface area (Å²) >= 11 is 0. The third-order valence-corrected chi connectivity index (χ3v) is 12.7. The van der Waals surface area contributed by atoms with E-state index < -0.39 is 49.5 Å². The van der Waals surface area contributed by atoms with E-state index in [4.69, 9.17) is 9.47 Å². The Morgan fingerprint density at radius 1 is 0.508 bits per heavy atom. The molecule has 0 radical (unpaired) electrons. The highest BCUT2D eigenvalue weighted by Gasteiger charge is 2.44. The molecule has 1 fully saturated rings. The van der Waals surface area contributed by atoms with E-state index in [0.29, 0.717) is 12.8 Å². The summed E-state index contributed by atoms with van der Waals surface area (Å²) in [7, 11) is 0. The van der Waals surface area contributed by atoms with Gasteiger partial charge in [-0.25, -0.2) is 0 Å². The first-order valence-electron chi connectivity index (χ1n) is 25.7. The van der Waals surface area contributed by atoms with Crippen LogP contribution in [0.4, 0.5) is 0 Å². The molecule has 7 atom stereocenters. The van der Waals surface area contributed by atoms with Crippen LogP contribution in [0.15, 0.2) is 0 Å². The SMILES string of the molecule is CCCCCCCCCCCCCCCCCCCCCCCCC(=O)NC(COC1OC(CO)C(O)C(O)C1O)C(O)CCCCCCCCCCCCCCCC. The number of carbonyl (C=O) groups excluding carboxylic acids is 1. The van der Waals surface area contributed by atoms with Crippen molar-refractivity contribution in [2.45, 2.75) is 301 Å². The lowest BCUT2D eigenvalue weighted by Gasteiger charge is -2.40. The second kappa shape index (κ2) is 41.2. The lowest BCUT2D eigenvalue weighted by atomic mass is 9.99. The van der Waals surface area contributed by atoms with Gasteiger partial charge in [-0.05, 0) is 12.8 Å². The Balaban J connectivity index is 2.22. The Morgan fingerprint density at radius 3 is 1.20 bits per heavy atom. The average Bonchev–Trinajstić information content (AvgIpc) is 3.23. The lowest BCUT2D eigenvalue weighted by Crippen LogP contribution is -2.60. The van der Waals surface area contributed by atoms with Crippen molar-refractivity contribution in [2.75, 3.05) is 13.2 Å². The number of ether oxygens (including phenoxy) is 2. The highest BCUT2D eigenvalue weighted by atomic mass is 16.7. The number of nitrogens with one attached hydrogen (secondary N) is 1. The zero-order chi connectivity index (χ0) is 43.0. The van der Waals surface area contributed by atoms with Gasteiger partial charge in [0.15, 0.2) is 6.29 Å². The van der Waals surface area contributed by atoms with Gasteiger partial charge in [0.25, 0.3) is 0 Å². The minimum atomic E-state index is -1.55. The Morgan fingerprint density at radius 2 is 0.847 bits per heavy atom. The van der Waals surface area contributed by atoms with Crippen LogP contribution in [-0.4, -0.2) is 87.5 Å². The van der Waals surface area contributed by atoms with E-state index >= 15 is 0 Å². The van der Waals surface area contributed by atoms with Gasteiger partial charge in [0.05, 0.1) is 25.4 Å². The maximum Gasteiger partial charge on any atom is 0.220 e. The number of hydrogen-bond donors (Lipinski definition) is 6. The van der Waals surface area contributed by atoms with Crippen LogP contribution < -0.4 is 5.32 Å². The maximum atomic E-state index is 13.0. The Kier molecular flexibility index (Phi) is 39.3. The fraction of sp³-hybridized carbons (Fsp3) is 0.980. The van der Waals surface area contributed by atoms with E-state index in [1.807, 2.05) is 0 Å². The van der Waals surface area contributed by atoms with Gasteiger partial charge in [-0.3, -0.25) is 4.79 Å². The molecule has 0 aromatic rings. The van der Waals surface area contributed by atoms with Crippen molar-refractivity contribution in [1.82, 2.24) is 5.32 Å². The summed E-state index contributed by atoms with van der Waals surface area (Å²) in [6, 6.07) is -0.712. The minimum absolute atomic E-state index is 0.131. The van der Waals surface area contributed by atoms with Gasteiger partial charge in [0.2, 0.25) is 5.91 Å². The monoisotopic (exact) mass is 842 g/mol. The second-order valence-corrected chi connectivity index (χ2v) is 18.3. The van der Waals surface area contributed by atoms with Crippen molar-refractivity contribution in [3.63, 3.8) is 0 Å². The molecule has 1 saturated heterocycles. The minimum Gasteiger partial charge on any atom is -0.394 e. The number of aliphatic hydroxyl groups is 5. The van der Waals surface area contributed by atoms with Gasteiger partial charge < -0.3 is 40.3 Å². The molecule has 0 saturated carbocycles. The summed E-state index contributed by atoms with van der Waals surface area (Å²) in [5, 5.41) is 54.5. The zero-order valence-corrected chi connectivity index (χ0v) is 38.8. The van der Waals surface area contributed by atoms with Crippen LogP contribution in [0.3, 0.4) is 0 Å². The van der Waals surface area contributed by atoms with Crippen LogP contribution in [0.2, 0.25) is 0 Å². The van der Waals surface area contributed by atoms with Crippen LogP contribution >= 0.6 is 0 Å². The van der Waals surface area contributed by atoms with Gasteiger partial charge >= 0.3 is 0 Å². The summed E-state index contributed by atoms with van der Waals surface area (Å²) in [5.74, 6) is -0.138. The number of rotatable bonds is 44. The summed E-state index contributed by atoms with van der Waals surface area (Å²) in [4.78, 5) is 13.0. The fourth-order valence-electron chi connectivity index (χ4n) is 8.58. The molecule has 7 unspecified atom stereocenters. The maximum absolute atomic E-state index is 13.0. The van der Waals surface area contributed by atoms with Crippen molar-refractivity contribution < 1.29 is 39.8 Å². The van der Waals surface area contributed by atoms with Gasteiger partial charge in [-0.2, -0.15) is 0 Å². The standard InChI is InChI=1S/C50H99NO8/c1-3-5-7-9-11-13-15-17-19-20-21-22-23-24-25-26-28-30-32-34-36-38-40-46(54)51-43(42-58-50-49(57)48(56)47(55)45(41-52)59-50)44(53)39-37-35-33-31-29-27-18-16-14-12-10-8-6-4-2/h43-45,47-50,52-53,55-57H,3-42H2,1-2H3,(H,51,54). The summed E-state index contributed by atoms with van der Waals surface area (Å²) in [6.07, 6.45) is 39.7. The molecule has 6 N–H and O–H groups in total. The molecule has 9 heteroatoms. The third-order valence-electron chi connectivity index (χ3n) is 12.7. The lowest BCUT2D eigenvalue weighted by molar-refractivity contribution is -0.302. The van der Waals surface area contributed by atoms with Crippen molar-refractivity contribution in [3.8, 4) is 0 Å².